The van der Waals surface area contributed by atoms with Crippen molar-refractivity contribution in [1.29, 1.82) is 0 Å². The first-order chi connectivity index (χ1) is 13.1. The van der Waals surface area contributed by atoms with Crippen LogP contribution in [-0.4, -0.2) is 30.2 Å². The molecule has 0 aliphatic carbocycles. The molecule has 0 saturated carbocycles. The van der Waals surface area contributed by atoms with Crippen LogP contribution in [0.1, 0.15) is 51.8 Å². The van der Waals surface area contributed by atoms with Crippen LogP contribution in [0.3, 0.4) is 0 Å². The lowest BCUT2D eigenvalue weighted by Gasteiger charge is -2.16. The predicted molar refractivity (Wildman–Crippen MR) is 106 cm³/mol. The second-order valence-electron chi connectivity index (χ2n) is 7.43. The molecule has 144 valence electrons. The highest BCUT2D eigenvalue weighted by atomic mass is 79.9. The first-order valence-electron chi connectivity index (χ1n) is 8.58. The number of carbonyl (C=O) groups is 4. The minimum atomic E-state index is -0.643. The number of benzene rings is 2. The van der Waals surface area contributed by atoms with Crippen LogP contribution in [0.4, 0.5) is 5.69 Å². The van der Waals surface area contributed by atoms with Crippen LogP contribution in [0.25, 0.3) is 0 Å². The molecule has 6 nitrogen and oxygen atoms in total. The van der Waals surface area contributed by atoms with Crippen molar-refractivity contribution in [1.82, 2.24) is 0 Å². The summed E-state index contributed by atoms with van der Waals surface area (Å²) in [4.78, 5) is 50.2. The molecule has 0 saturated heterocycles. The molecule has 28 heavy (non-hydrogen) atoms. The molecule has 7 heteroatoms. The summed E-state index contributed by atoms with van der Waals surface area (Å²) in [7, 11) is 0. The van der Waals surface area contributed by atoms with Crippen LogP contribution in [0, 0.1) is 5.41 Å². The number of ether oxygens (including phenoxy) is 1. The monoisotopic (exact) mass is 443 g/mol. The number of hydrogen-bond donors (Lipinski definition) is 0. The standard InChI is InChI=1S/C21H18BrNO5/c1-21(2,3)17(24)11-28-20(27)12-4-7-14(8-5-12)23-18(25)15-9-6-13(22)10-16(15)19(23)26/h4-10H,11H2,1-3H3. The number of hydrogen-bond acceptors (Lipinski definition) is 5. The van der Waals surface area contributed by atoms with Crippen LogP contribution < -0.4 is 4.90 Å². The van der Waals surface area contributed by atoms with Crippen molar-refractivity contribution in [3.8, 4) is 0 Å². The number of anilines is 1. The molecule has 0 N–H and O–H groups in total. The van der Waals surface area contributed by atoms with E-state index in [9.17, 15) is 19.2 Å². The third-order valence-corrected chi connectivity index (χ3v) is 4.87. The van der Waals surface area contributed by atoms with Gasteiger partial charge in [0.15, 0.2) is 12.4 Å². The Morgan fingerprint density at radius 2 is 1.57 bits per heavy atom. The van der Waals surface area contributed by atoms with E-state index in [1.807, 2.05) is 0 Å². The van der Waals surface area contributed by atoms with Gasteiger partial charge in [-0.15, -0.1) is 0 Å². The van der Waals surface area contributed by atoms with Crippen molar-refractivity contribution in [2.24, 2.45) is 5.41 Å². The summed E-state index contributed by atoms with van der Waals surface area (Å²) in [6.45, 7) is 4.94. The normalized spacial score (nSPS) is 13.5. The average Bonchev–Trinajstić information content (AvgIpc) is 2.89. The van der Waals surface area contributed by atoms with Gasteiger partial charge in [0.25, 0.3) is 11.8 Å². The van der Waals surface area contributed by atoms with E-state index in [-0.39, 0.29) is 18.0 Å². The SMILES string of the molecule is CC(C)(C)C(=O)COC(=O)c1ccc(N2C(=O)c3ccc(Br)cc3C2=O)cc1. The lowest BCUT2D eigenvalue weighted by atomic mass is 9.91. The van der Waals surface area contributed by atoms with Gasteiger partial charge in [-0.2, -0.15) is 0 Å². The van der Waals surface area contributed by atoms with Gasteiger partial charge in [0.2, 0.25) is 0 Å². The van der Waals surface area contributed by atoms with Gasteiger partial charge in [-0.1, -0.05) is 36.7 Å². The number of amides is 2. The van der Waals surface area contributed by atoms with E-state index in [0.29, 0.717) is 21.3 Å². The lowest BCUT2D eigenvalue weighted by Crippen LogP contribution is -2.29. The van der Waals surface area contributed by atoms with Gasteiger partial charge in [-0.25, -0.2) is 9.69 Å². The maximum absolute atomic E-state index is 12.6. The predicted octanol–water partition coefficient (Wildman–Crippen LogP) is 4.02. The summed E-state index contributed by atoms with van der Waals surface area (Å²) >= 11 is 3.29. The topological polar surface area (TPSA) is 80.8 Å². The highest BCUT2D eigenvalue weighted by Gasteiger charge is 2.36. The van der Waals surface area contributed by atoms with Crippen LogP contribution in [-0.2, 0) is 9.53 Å². The van der Waals surface area contributed by atoms with E-state index >= 15 is 0 Å². The second kappa shape index (κ2) is 7.31. The molecule has 3 rings (SSSR count). The number of esters is 1. The fourth-order valence-corrected chi connectivity index (χ4v) is 2.99. The molecule has 0 radical (unpaired) electrons. The van der Waals surface area contributed by atoms with E-state index in [0.717, 1.165) is 4.90 Å². The molecule has 0 spiro atoms. The van der Waals surface area contributed by atoms with E-state index in [4.69, 9.17) is 4.74 Å². The van der Waals surface area contributed by atoms with Crippen LogP contribution in [0.15, 0.2) is 46.9 Å². The number of ketones is 1. The third-order valence-electron chi connectivity index (χ3n) is 4.38. The largest absolute Gasteiger partial charge is 0.454 e. The van der Waals surface area contributed by atoms with Gasteiger partial charge in [0.05, 0.1) is 22.4 Å². The van der Waals surface area contributed by atoms with Gasteiger partial charge in [0, 0.05) is 9.89 Å². The Hall–Kier alpha value is -2.80. The number of halogens is 1. The first kappa shape index (κ1) is 19.9. The zero-order valence-electron chi connectivity index (χ0n) is 15.6. The number of fused-ring (bicyclic) bond motifs is 1. The van der Waals surface area contributed by atoms with Crippen LogP contribution in [0.5, 0.6) is 0 Å². The van der Waals surface area contributed by atoms with Crippen molar-refractivity contribution in [2.75, 3.05) is 11.5 Å². The van der Waals surface area contributed by atoms with Gasteiger partial charge >= 0.3 is 5.97 Å². The minimum absolute atomic E-state index is 0.186. The molecule has 2 aromatic carbocycles. The smallest absolute Gasteiger partial charge is 0.338 e. The fraction of sp³-hybridized carbons (Fsp3) is 0.238. The maximum atomic E-state index is 12.6. The zero-order chi connectivity index (χ0) is 20.6. The number of imide groups is 1. The van der Waals surface area contributed by atoms with Crippen LogP contribution >= 0.6 is 15.9 Å². The molecule has 0 atom stereocenters. The Balaban J connectivity index is 1.75. The van der Waals surface area contributed by atoms with E-state index in [2.05, 4.69) is 15.9 Å². The first-order valence-corrected chi connectivity index (χ1v) is 9.38. The molecule has 0 bridgehead atoms. The number of rotatable bonds is 4. The van der Waals surface area contributed by atoms with Gasteiger partial charge in [-0.3, -0.25) is 14.4 Å². The quantitative estimate of drug-likeness (QED) is 0.526. The molecule has 2 aromatic rings. The average molecular weight is 444 g/mol. The van der Waals surface area contributed by atoms with E-state index < -0.39 is 23.2 Å². The summed E-state index contributed by atoms with van der Waals surface area (Å²) in [5.74, 6) is -1.67. The second-order valence-corrected chi connectivity index (χ2v) is 8.35. The summed E-state index contributed by atoms with van der Waals surface area (Å²) in [5.41, 5.74) is 0.639. The summed E-state index contributed by atoms with van der Waals surface area (Å²) in [6.07, 6.45) is 0. The number of Topliss-reactive ketones (excluding diaryl/α,β-unsaturated/α-hetero) is 1. The number of carbonyl (C=O) groups excluding carboxylic acids is 4. The lowest BCUT2D eigenvalue weighted by molar-refractivity contribution is -0.129. The summed E-state index contributed by atoms with van der Waals surface area (Å²) in [6, 6.07) is 10.8. The highest BCUT2D eigenvalue weighted by Crippen LogP contribution is 2.30. The molecule has 0 unspecified atom stereocenters. The molecule has 0 aromatic heterocycles. The summed E-state index contributed by atoms with van der Waals surface area (Å²) in [5, 5.41) is 0. The summed E-state index contributed by atoms with van der Waals surface area (Å²) < 4.78 is 5.75. The Bertz CT molecular complexity index is 989. The van der Waals surface area contributed by atoms with Crippen molar-refractivity contribution < 1.29 is 23.9 Å². The Labute approximate surface area is 170 Å². The molecular formula is C21H18BrNO5. The molecule has 2 amide bonds. The van der Waals surface area contributed by atoms with Gasteiger partial charge in [0.1, 0.15) is 0 Å². The fourth-order valence-electron chi connectivity index (χ4n) is 2.63. The van der Waals surface area contributed by atoms with Crippen molar-refractivity contribution >= 4 is 45.2 Å². The zero-order valence-corrected chi connectivity index (χ0v) is 17.2. The van der Waals surface area contributed by atoms with Gasteiger partial charge < -0.3 is 4.74 Å². The Morgan fingerprint density at radius 1 is 0.964 bits per heavy atom. The number of nitrogens with zero attached hydrogens (tertiary/aromatic N) is 1. The van der Waals surface area contributed by atoms with E-state index in [1.165, 1.54) is 24.3 Å². The Morgan fingerprint density at radius 3 is 2.18 bits per heavy atom. The Kier molecular flexibility index (Phi) is 5.21. The van der Waals surface area contributed by atoms with E-state index in [1.54, 1.807) is 39.0 Å². The third kappa shape index (κ3) is 3.75. The molecule has 1 aliphatic rings. The molecule has 0 fully saturated rings. The van der Waals surface area contributed by atoms with Crippen molar-refractivity contribution in [2.45, 2.75) is 20.8 Å². The van der Waals surface area contributed by atoms with Crippen molar-refractivity contribution in [3.63, 3.8) is 0 Å². The molecule has 1 aliphatic heterocycles. The van der Waals surface area contributed by atoms with Crippen LogP contribution in [0.2, 0.25) is 0 Å². The molecule has 1 heterocycles. The van der Waals surface area contributed by atoms with Crippen molar-refractivity contribution in [3.05, 3.63) is 63.6 Å². The highest BCUT2D eigenvalue weighted by molar-refractivity contribution is 9.10. The molecular weight excluding hydrogens is 426 g/mol. The minimum Gasteiger partial charge on any atom is -0.454 e. The maximum Gasteiger partial charge on any atom is 0.338 e. The van der Waals surface area contributed by atoms with Gasteiger partial charge in [-0.05, 0) is 42.5 Å².